The van der Waals surface area contributed by atoms with Gasteiger partial charge in [0.15, 0.2) is 5.76 Å². The summed E-state index contributed by atoms with van der Waals surface area (Å²) in [6.07, 6.45) is 5.09. The van der Waals surface area contributed by atoms with Crippen molar-refractivity contribution in [3.8, 4) is 6.07 Å². The van der Waals surface area contributed by atoms with Crippen molar-refractivity contribution in [1.82, 2.24) is 5.32 Å². The average Bonchev–Trinajstić information content (AvgIpc) is 2.89. The highest BCUT2D eigenvalue weighted by Crippen LogP contribution is 2.32. The SMILES string of the molecule is CC1OC(CNC(=O)/C(C#N)=C/c2ccc3cc(N4CCCCC4)ccc3c2)=C(O)C(CO)C1C. The number of aliphatic hydroxyl groups is 2. The maximum atomic E-state index is 12.7. The highest BCUT2D eigenvalue weighted by molar-refractivity contribution is 6.02. The molecule has 2 aromatic rings. The van der Waals surface area contributed by atoms with Gasteiger partial charge in [0.1, 0.15) is 17.4 Å². The Hall–Kier alpha value is -3.50. The summed E-state index contributed by atoms with van der Waals surface area (Å²) in [6.45, 7) is 5.66. The molecule has 7 nitrogen and oxygen atoms in total. The second kappa shape index (κ2) is 10.8. The lowest BCUT2D eigenvalue weighted by Gasteiger charge is -2.34. The third-order valence-corrected chi connectivity index (χ3v) is 7.19. The van der Waals surface area contributed by atoms with E-state index in [9.17, 15) is 20.3 Å². The number of nitriles is 1. The van der Waals surface area contributed by atoms with Crippen LogP contribution in [0.25, 0.3) is 16.8 Å². The minimum Gasteiger partial charge on any atom is -0.508 e. The topological polar surface area (TPSA) is 106 Å². The second-order valence-corrected chi connectivity index (χ2v) is 9.47. The summed E-state index contributed by atoms with van der Waals surface area (Å²) >= 11 is 0. The lowest BCUT2D eigenvalue weighted by molar-refractivity contribution is -0.117. The molecule has 1 fully saturated rings. The van der Waals surface area contributed by atoms with E-state index in [4.69, 9.17) is 4.74 Å². The number of fused-ring (bicyclic) bond motifs is 1. The summed E-state index contributed by atoms with van der Waals surface area (Å²) in [5.41, 5.74) is 1.95. The van der Waals surface area contributed by atoms with Crippen molar-refractivity contribution in [3.05, 3.63) is 59.1 Å². The molecule has 0 spiro atoms. The highest BCUT2D eigenvalue weighted by Gasteiger charge is 2.34. The smallest absolute Gasteiger partial charge is 0.262 e. The molecule has 7 heteroatoms. The second-order valence-electron chi connectivity index (χ2n) is 9.47. The molecule has 0 bridgehead atoms. The van der Waals surface area contributed by atoms with Crippen LogP contribution in [0.4, 0.5) is 5.69 Å². The number of rotatable bonds is 6. The molecule has 2 aromatic carbocycles. The van der Waals surface area contributed by atoms with E-state index >= 15 is 0 Å². The molecule has 3 unspecified atom stereocenters. The molecule has 0 saturated carbocycles. The minimum atomic E-state index is -0.552. The van der Waals surface area contributed by atoms with E-state index in [0.717, 1.165) is 29.4 Å². The zero-order valence-corrected chi connectivity index (χ0v) is 20.3. The first-order valence-electron chi connectivity index (χ1n) is 12.3. The highest BCUT2D eigenvalue weighted by atomic mass is 16.5. The first-order chi connectivity index (χ1) is 16.9. The maximum Gasteiger partial charge on any atom is 0.262 e. The van der Waals surface area contributed by atoms with E-state index in [1.54, 1.807) is 6.08 Å². The molecule has 0 aromatic heterocycles. The van der Waals surface area contributed by atoms with Gasteiger partial charge in [-0.15, -0.1) is 0 Å². The van der Waals surface area contributed by atoms with Crippen LogP contribution in [0, 0.1) is 23.2 Å². The van der Waals surface area contributed by atoms with Gasteiger partial charge in [0.25, 0.3) is 5.91 Å². The van der Waals surface area contributed by atoms with Gasteiger partial charge in [-0.2, -0.15) is 5.26 Å². The molecule has 2 heterocycles. The summed E-state index contributed by atoms with van der Waals surface area (Å²) in [5, 5.41) is 34.4. The summed E-state index contributed by atoms with van der Waals surface area (Å²) in [7, 11) is 0. The molecule has 1 saturated heterocycles. The van der Waals surface area contributed by atoms with Crippen LogP contribution in [0.3, 0.4) is 0 Å². The molecule has 2 aliphatic rings. The number of ether oxygens (including phenoxy) is 1. The summed E-state index contributed by atoms with van der Waals surface area (Å²) in [4.78, 5) is 15.1. The third kappa shape index (κ3) is 5.44. The number of nitrogens with zero attached hydrogens (tertiary/aromatic N) is 2. The normalized spacial score (nSPS) is 23.1. The Morgan fingerprint density at radius 2 is 1.89 bits per heavy atom. The van der Waals surface area contributed by atoms with Gasteiger partial charge in [0, 0.05) is 30.6 Å². The van der Waals surface area contributed by atoms with Gasteiger partial charge in [-0.3, -0.25) is 4.79 Å². The average molecular weight is 476 g/mol. The van der Waals surface area contributed by atoms with Crippen molar-refractivity contribution in [2.45, 2.75) is 39.2 Å². The molecule has 2 aliphatic heterocycles. The van der Waals surface area contributed by atoms with Gasteiger partial charge in [-0.1, -0.05) is 25.1 Å². The Morgan fingerprint density at radius 3 is 2.60 bits per heavy atom. The van der Waals surface area contributed by atoms with Crippen LogP contribution >= 0.6 is 0 Å². The zero-order valence-electron chi connectivity index (χ0n) is 20.3. The fourth-order valence-electron chi connectivity index (χ4n) is 4.82. The zero-order chi connectivity index (χ0) is 24.9. The first kappa shape index (κ1) is 24.6. The molecule has 35 heavy (non-hydrogen) atoms. The van der Waals surface area contributed by atoms with Crippen LogP contribution in [0.1, 0.15) is 38.7 Å². The third-order valence-electron chi connectivity index (χ3n) is 7.19. The predicted molar refractivity (Wildman–Crippen MR) is 137 cm³/mol. The van der Waals surface area contributed by atoms with Gasteiger partial charge < -0.3 is 25.2 Å². The van der Waals surface area contributed by atoms with Crippen molar-refractivity contribution in [1.29, 1.82) is 5.26 Å². The number of carbonyl (C=O) groups is 1. The number of benzene rings is 2. The van der Waals surface area contributed by atoms with Crippen LogP contribution in [0.2, 0.25) is 0 Å². The number of anilines is 1. The lowest BCUT2D eigenvalue weighted by atomic mass is 9.86. The molecular weight excluding hydrogens is 442 g/mol. The number of hydrogen-bond acceptors (Lipinski definition) is 6. The van der Waals surface area contributed by atoms with E-state index in [2.05, 4.69) is 28.4 Å². The lowest BCUT2D eigenvalue weighted by Crippen LogP contribution is -2.38. The van der Waals surface area contributed by atoms with Crippen LogP contribution in [-0.4, -0.2) is 48.5 Å². The van der Waals surface area contributed by atoms with Crippen molar-refractivity contribution in [3.63, 3.8) is 0 Å². The van der Waals surface area contributed by atoms with Crippen molar-refractivity contribution < 1.29 is 19.7 Å². The first-order valence-corrected chi connectivity index (χ1v) is 12.3. The Bertz CT molecular complexity index is 1190. The van der Waals surface area contributed by atoms with Crippen LogP contribution < -0.4 is 10.2 Å². The van der Waals surface area contributed by atoms with E-state index in [1.165, 1.54) is 24.9 Å². The van der Waals surface area contributed by atoms with Crippen molar-refractivity contribution in [2.75, 3.05) is 31.1 Å². The number of aliphatic hydroxyl groups excluding tert-OH is 2. The van der Waals surface area contributed by atoms with Crippen molar-refractivity contribution >= 4 is 28.4 Å². The summed E-state index contributed by atoms with van der Waals surface area (Å²) in [5.74, 6) is -0.888. The molecule has 184 valence electrons. The molecule has 0 radical (unpaired) electrons. The minimum absolute atomic E-state index is 0.0367. The molecule has 3 atom stereocenters. The van der Waals surface area contributed by atoms with Crippen LogP contribution in [-0.2, 0) is 9.53 Å². The fraction of sp³-hybridized carbons (Fsp3) is 0.429. The molecule has 1 amide bonds. The predicted octanol–water partition coefficient (Wildman–Crippen LogP) is 4.29. The van der Waals surface area contributed by atoms with Crippen LogP contribution in [0.5, 0.6) is 0 Å². The van der Waals surface area contributed by atoms with Gasteiger partial charge >= 0.3 is 0 Å². The Morgan fingerprint density at radius 1 is 1.17 bits per heavy atom. The van der Waals surface area contributed by atoms with Gasteiger partial charge in [0.2, 0.25) is 0 Å². The monoisotopic (exact) mass is 475 g/mol. The molecule has 4 rings (SSSR count). The summed E-state index contributed by atoms with van der Waals surface area (Å²) in [6, 6.07) is 14.3. The standard InChI is InChI=1S/C28H33N3O4/c1-18-19(2)35-26(27(33)25(18)17-32)16-30-28(34)23(15-29)13-20-6-7-22-14-24(9-8-21(22)12-20)31-10-4-3-5-11-31/h6-9,12-14,18-19,25,32-33H,3-5,10-11,16-17H2,1-2H3,(H,30,34)/b23-13+. The fourth-order valence-corrected chi connectivity index (χ4v) is 4.82. The molecule has 3 N–H and O–H groups in total. The van der Waals surface area contributed by atoms with E-state index in [1.807, 2.05) is 38.1 Å². The Labute approximate surface area is 206 Å². The number of piperidine rings is 1. The largest absolute Gasteiger partial charge is 0.508 e. The van der Waals surface area contributed by atoms with Gasteiger partial charge in [-0.05, 0) is 66.8 Å². The number of nitrogens with one attached hydrogen (secondary N) is 1. The molecule has 0 aliphatic carbocycles. The number of hydrogen-bond donors (Lipinski definition) is 3. The Kier molecular flexibility index (Phi) is 7.62. The number of amides is 1. The van der Waals surface area contributed by atoms with Crippen LogP contribution in [0.15, 0.2) is 53.5 Å². The molecular formula is C28H33N3O4. The summed E-state index contributed by atoms with van der Waals surface area (Å²) < 4.78 is 5.72. The van der Waals surface area contributed by atoms with E-state index in [0.29, 0.717) is 0 Å². The van der Waals surface area contributed by atoms with E-state index in [-0.39, 0.29) is 42.3 Å². The quantitative estimate of drug-likeness (QED) is 0.425. The number of carbonyl (C=O) groups excluding carboxylic acids is 1. The van der Waals surface area contributed by atoms with Gasteiger partial charge in [0.05, 0.1) is 19.3 Å². The Balaban J connectivity index is 1.47. The van der Waals surface area contributed by atoms with Gasteiger partial charge in [-0.25, -0.2) is 0 Å². The van der Waals surface area contributed by atoms with Crippen molar-refractivity contribution in [2.24, 2.45) is 11.8 Å². The van der Waals surface area contributed by atoms with E-state index < -0.39 is 11.8 Å². The maximum absolute atomic E-state index is 12.7.